The van der Waals surface area contributed by atoms with Gasteiger partial charge in [0.25, 0.3) is 0 Å². The molecular formula is C51H31N5S. The van der Waals surface area contributed by atoms with Crippen LogP contribution in [0.5, 0.6) is 0 Å². The summed E-state index contributed by atoms with van der Waals surface area (Å²) in [4.78, 5) is 15.8. The van der Waals surface area contributed by atoms with E-state index in [1.54, 1.807) is 0 Å². The number of hydrogen-bond donors (Lipinski definition) is 0. The molecule has 0 N–H and O–H groups in total. The van der Waals surface area contributed by atoms with E-state index in [0.29, 0.717) is 17.7 Å². The third-order valence-corrected chi connectivity index (χ3v) is 12.4. The van der Waals surface area contributed by atoms with Crippen molar-refractivity contribution in [3.8, 4) is 45.5 Å². The predicted molar refractivity (Wildman–Crippen MR) is 238 cm³/mol. The van der Waals surface area contributed by atoms with Crippen LogP contribution < -0.4 is 0 Å². The summed E-state index contributed by atoms with van der Waals surface area (Å²) in [7, 11) is 0. The van der Waals surface area contributed by atoms with E-state index in [4.69, 9.17) is 15.0 Å². The molecular weight excluding hydrogens is 715 g/mol. The van der Waals surface area contributed by atoms with Gasteiger partial charge in [-0.25, -0.2) is 0 Å². The Morgan fingerprint density at radius 1 is 0.333 bits per heavy atom. The van der Waals surface area contributed by atoms with E-state index >= 15 is 0 Å². The molecule has 0 spiro atoms. The predicted octanol–water partition coefficient (Wildman–Crippen LogP) is 13.4. The maximum absolute atomic E-state index is 5.29. The van der Waals surface area contributed by atoms with Crippen LogP contribution in [0.2, 0.25) is 0 Å². The molecule has 0 atom stereocenters. The van der Waals surface area contributed by atoms with Gasteiger partial charge in [-0.3, -0.25) is 9.13 Å². The lowest BCUT2D eigenvalue weighted by molar-refractivity contribution is 0.893. The Morgan fingerprint density at radius 3 is 1.37 bits per heavy atom. The van der Waals surface area contributed by atoms with Crippen molar-refractivity contribution in [2.45, 2.75) is 0 Å². The molecule has 0 aliphatic rings. The molecule has 0 amide bonds. The van der Waals surface area contributed by atoms with Crippen LogP contribution in [0.15, 0.2) is 188 Å². The van der Waals surface area contributed by atoms with Crippen LogP contribution in [0.4, 0.5) is 0 Å². The minimum atomic E-state index is 0.571. The van der Waals surface area contributed by atoms with E-state index in [9.17, 15) is 0 Å². The molecule has 57 heavy (non-hydrogen) atoms. The molecule has 0 fully saturated rings. The summed E-state index contributed by atoms with van der Waals surface area (Å²) < 4.78 is 6.96. The summed E-state index contributed by atoms with van der Waals surface area (Å²) in [6, 6.07) is 66.7. The van der Waals surface area contributed by atoms with Gasteiger partial charge in [0.2, 0.25) is 11.9 Å². The van der Waals surface area contributed by atoms with Gasteiger partial charge in [0.05, 0.1) is 22.1 Å². The minimum Gasteiger partial charge on any atom is -0.278 e. The molecule has 0 unspecified atom stereocenters. The zero-order chi connectivity index (χ0) is 37.5. The molecule has 6 heteroatoms. The standard InChI is InChI=1S/C51H31N5S/c1-6-21-42-37(15-1)38-16-2-7-22-43(38)55(42)50-52-49(53-51(54-50)56-44-23-8-3-17-39(44)40-18-4-9-24-45(40)56)33-29-27-32(28-30-33)34-13-11-14-35(31-34)36-20-12-26-47-48(36)41-19-5-10-25-46(41)57-47/h1-31H. The van der Waals surface area contributed by atoms with Gasteiger partial charge < -0.3 is 0 Å². The average molecular weight is 746 g/mol. The van der Waals surface area contributed by atoms with E-state index in [2.05, 4.69) is 197 Å². The Kier molecular flexibility index (Phi) is 7.03. The first kappa shape index (κ1) is 31.9. The topological polar surface area (TPSA) is 48.5 Å². The summed E-state index contributed by atoms with van der Waals surface area (Å²) in [6.07, 6.45) is 0. The van der Waals surface area contributed by atoms with Crippen molar-refractivity contribution in [3.05, 3.63) is 188 Å². The second-order valence-corrected chi connectivity index (χ2v) is 15.5. The first-order chi connectivity index (χ1) is 28.3. The van der Waals surface area contributed by atoms with Gasteiger partial charge in [0, 0.05) is 47.3 Å². The molecule has 266 valence electrons. The van der Waals surface area contributed by atoms with Crippen molar-refractivity contribution < 1.29 is 0 Å². The van der Waals surface area contributed by atoms with Crippen LogP contribution >= 0.6 is 11.3 Å². The van der Waals surface area contributed by atoms with Gasteiger partial charge in [-0.15, -0.1) is 11.3 Å². The van der Waals surface area contributed by atoms with Crippen LogP contribution in [0, 0.1) is 0 Å². The number of rotatable bonds is 5. The Morgan fingerprint density at radius 2 is 0.789 bits per heavy atom. The van der Waals surface area contributed by atoms with Gasteiger partial charge in [0.15, 0.2) is 5.82 Å². The summed E-state index contributed by atoms with van der Waals surface area (Å²) in [5.41, 5.74) is 9.84. The quantitative estimate of drug-likeness (QED) is 0.176. The highest BCUT2D eigenvalue weighted by molar-refractivity contribution is 7.25. The number of benzene rings is 8. The smallest absolute Gasteiger partial charge is 0.240 e. The molecule has 0 aliphatic carbocycles. The van der Waals surface area contributed by atoms with E-state index < -0.39 is 0 Å². The van der Waals surface area contributed by atoms with Gasteiger partial charge in [0.1, 0.15) is 0 Å². The van der Waals surface area contributed by atoms with Crippen molar-refractivity contribution in [2.75, 3.05) is 0 Å². The largest absolute Gasteiger partial charge is 0.278 e. The highest BCUT2D eigenvalue weighted by Gasteiger charge is 2.20. The molecule has 8 aromatic carbocycles. The fraction of sp³-hybridized carbons (Fsp3) is 0. The highest BCUT2D eigenvalue weighted by Crippen LogP contribution is 2.41. The maximum atomic E-state index is 5.29. The number of thiophene rings is 1. The van der Waals surface area contributed by atoms with E-state index in [1.807, 2.05) is 11.3 Å². The number of aromatic nitrogens is 5. The van der Waals surface area contributed by atoms with Crippen LogP contribution in [0.3, 0.4) is 0 Å². The maximum Gasteiger partial charge on any atom is 0.240 e. The summed E-state index contributed by atoms with van der Waals surface area (Å²) in [5.74, 6) is 1.75. The average Bonchev–Trinajstić information content (AvgIpc) is 3.94. The molecule has 4 aromatic heterocycles. The van der Waals surface area contributed by atoms with Crippen molar-refractivity contribution in [1.82, 2.24) is 24.1 Å². The van der Waals surface area contributed by atoms with Crippen LogP contribution in [0.1, 0.15) is 0 Å². The van der Waals surface area contributed by atoms with Crippen molar-refractivity contribution in [1.29, 1.82) is 0 Å². The first-order valence-electron chi connectivity index (χ1n) is 19.1. The number of nitrogens with zero attached hydrogens (tertiary/aromatic N) is 5. The second kappa shape index (κ2) is 12.6. The molecule has 0 radical (unpaired) electrons. The van der Waals surface area contributed by atoms with Crippen molar-refractivity contribution >= 4 is 75.1 Å². The SMILES string of the molecule is c1cc(-c2ccc(-c3nc(-n4c5ccccc5c5ccccc54)nc(-n4c5ccccc5c5ccccc54)n3)cc2)cc(-c2cccc3sc4ccccc4c23)c1. The first-order valence-corrected chi connectivity index (χ1v) is 19.9. The van der Waals surface area contributed by atoms with Crippen LogP contribution in [0.25, 0.3) is 109 Å². The summed E-state index contributed by atoms with van der Waals surface area (Å²) >= 11 is 1.85. The van der Waals surface area contributed by atoms with Gasteiger partial charge in [-0.1, -0.05) is 146 Å². The molecule has 0 aliphatic heterocycles. The van der Waals surface area contributed by atoms with E-state index in [1.165, 1.54) is 31.3 Å². The Hall–Kier alpha value is -7.41. The molecule has 0 bridgehead atoms. The fourth-order valence-corrected chi connectivity index (χ4v) is 9.78. The van der Waals surface area contributed by atoms with Crippen molar-refractivity contribution in [2.24, 2.45) is 0 Å². The second-order valence-electron chi connectivity index (χ2n) is 14.4. The summed E-state index contributed by atoms with van der Waals surface area (Å²) in [6.45, 7) is 0. The van der Waals surface area contributed by atoms with Crippen molar-refractivity contribution in [3.63, 3.8) is 0 Å². The van der Waals surface area contributed by atoms with E-state index in [0.717, 1.165) is 60.3 Å². The number of para-hydroxylation sites is 4. The molecule has 4 heterocycles. The summed E-state index contributed by atoms with van der Waals surface area (Å²) in [5, 5.41) is 7.25. The molecule has 0 saturated heterocycles. The Bertz CT molecular complexity index is 3300. The van der Waals surface area contributed by atoms with E-state index in [-0.39, 0.29) is 0 Å². The number of fused-ring (bicyclic) bond motifs is 9. The molecule has 0 saturated carbocycles. The van der Waals surface area contributed by atoms with Gasteiger partial charge in [-0.2, -0.15) is 15.0 Å². The van der Waals surface area contributed by atoms with Gasteiger partial charge >= 0.3 is 0 Å². The lowest BCUT2D eigenvalue weighted by Crippen LogP contribution is -2.10. The Labute approximate surface area is 331 Å². The van der Waals surface area contributed by atoms with Gasteiger partial charge in [-0.05, 0) is 64.7 Å². The third-order valence-electron chi connectivity index (χ3n) is 11.2. The number of hydrogen-bond acceptors (Lipinski definition) is 4. The zero-order valence-corrected chi connectivity index (χ0v) is 31.4. The third kappa shape index (κ3) is 4.98. The molecule has 5 nitrogen and oxygen atoms in total. The fourth-order valence-electron chi connectivity index (χ4n) is 8.65. The Balaban J connectivity index is 1.03. The molecule has 12 rings (SSSR count). The lowest BCUT2D eigenvalue weighted by Gasteiger charge is -2.13. The monoisotopic (exact) mass is 745 g/mol. The normalized spacial score (nSPS) is 11.9. The van der Waals surface area contributed by atoms with Crippen LogP contribution in [-0.2, 0) is 0 Å². The zero-order valence-electron chi connectivity index (χ0n) is 30.5. The van der Waals surface area contributed by atoms with Crippen LogP contribution in [-0.4, -0.2) is 24.1 Å². The minimum absolute atomic E-state index is 0.571. The molecule has 12 aromatic rings. The lowest BCUT2D eigenvalue weighted by atomic mass is 9.95. The highest BCUT2D eigenvalue weighted by atomic mass is 32.1.